The Kier molecular flexibility index (Phi) is 5.45. The molecule has 4 heterocycles. The number of amides is 1. The molecule has 9 heteroatoms. The SMILES string of the molecule is CCC(C(=O)NCCCN1CCOCC1)n1ncn2c(cc3occc32)c1=O. The van der Waals surface area contributed by atoms with Crippen LogP contribution in [0.3, 0.4) is 0 Å². The van der Waals surface area contributed by atoms with Gasteiger partial charge < -0.3 is 14.5 Å². The van der Waals surface area contributed by atoms with Gasteiger partial charge in [0.2, 0.25) is 5.91 Å². The Morgan fingerprint density at radius 1 is 1.32 bits per heavy atom. The van der Waals surface area contributed by atoms with E-state index in [1.165, 1.54) is 4.68 Å². The first kappa shape index (κ1) is 18.7. The number of furan rings is 1. The van der Waals surface area contributed by atoms with E-state index in [9.17, 15) is 9.59 Å². The van der Waals surface area contributed by atoms with Crippen LogP contribution in [0.4, 0.5) is 0 Å². The van der Waals surface area contributed by atoms with Gasteiger partial charge in [0.1, 0.15) is 17.9 Å². The van der Waals surface area contributed by atoms with Gasteiger partial charge in [-0.15, -0.1) is 0 Å². The van der Waals surface area contributed by atoms with Crippen LogP contribution in [0.25, 0.3) is 16.6 Å². The van der Waals surface area contributed by atoms with E-state index < -0.39 is 6.04 Å². The van der Waals surface area contributed by atoms with Gasteiger partial charge in [0.15, 0.2) is 5.58 Å². The summed E-state index contributed by atoms with van der Waals surface area (Å²) in [5.74, 6) is -0.182. The minimum absolute atomic E-state index is 0.182. The van der Waals surface area contributed by atoms with E-state index in [-0.39, 0.29) is 11.5 Å². The van der Waals surface area contributed by atoms with E-state index in [1.54, 1.807) is 29.1 Å². The molecule has 1 amide bonds. The molecule has 4 rings (SSSR count). The van der Waals surface area contributed by atoms with Crippen LogP contribution in [0.15, 0.2) is 33.9 Å². The van der Waals surface area contributed by atoms with Crippen molar-refractivity contribution in [1.82, 2.24) is 24.4 Å². The summed E-state index contributed by atoms with van der Waals surface area (Å²) in [5.41, 5.74) is 1.55. The van der Waals surface area contributed by atoms with Gasteiger partial charge in [-0.1, -0.05) is 6.92 Å². The highest BCUT2D eigenvalue weighted by molar-refractivity contribution is 5.82. The van der Waals surface area contributed by atoms with E-state index in [4.69, 9.17) is 9.15 Å². The fourth-order valence-electron chi connectivity index (χ4n) is 3.66. The standard InChI is InChI=1S/C19H25N5O4/c1-2-14(18(25)20-5-3-6-22-7-10-27-11-8-22)24-19(26)16-12-17-15(4-9-28-17)23(16)13-21-24/h4,9,12-14H,2-3,5-8,10-11H2,1H3,(H,20,25). The third-order valence-corrected chi connectivity index (χ3v) is 5.22. The molecule has 0 spiro atoms. The number of nitrogens with zero attached hydrogens (tertiary/aromatic N) is 4. The van der Waals surface area contributed by atoms with Crippen molar-refractivity contribution in [1.29, 1.82) is 0 Å². The Hall–Kier alpha value is -2.65. The Morgan fingerprint density at radius 2 is 2.14 bits per heavy atom. The topological polar surface area (TPSA) is 94.0 Å². The lowest BCUT2D eigenvalue weighted by Gasteiger charge is -2.26. The Bertz CT molecular complexity index is 1010. The number of morpholine rings is 1. The van der Waals surface area contributed by atoms with Crippen molar-refractivity contribution in [3.05, 3.63) is 35.1 Å². The van der Waals surface area contributed by atoms with Crippen LogP contribution >= 0.6 is 0 Å². The van der Waals surface area contributed by atoms with E-state index in [0.29, 0.717) is 24.1 Å². The summed E-state index contributed by atoms with van der Waals surface area (Å²) in [5, 5.41) is 7.19. The lowest BCUT2D eigenvalue weighted by molar-refractivity contribution is -0.124. The van der Waals surface area contributed by atoms with E-state index in [2.05, 4.69) is 15.3 Å². The lowest BCUT2D eigenvalue weighted by atomic mass is 10.2. The second-order valence-corrected chi connectivity index (χ2v) is 6.97. The lowest BCUT2D eigenvalue weighted by Crippen LogP contribution is -2.41. The van der Waals surface area contributed by atoms with Crippen LogP contribution < -0.4 is 10.9 Å². The zero-order chi connectivity index (χ0) is 19.5. The molecule has 3 aromatic heterocycles. The second-order valence-electron chi connectivity index (χ2n) is 6.97. The van der Waals surface area contributed by atoms with Gasteiger partial charge in [0.25, 0.3) is 5.56 Å². The van der Waals surface area contributed by atoms with Crippen molar-refractivity contribution in [3.63, 3.8) is 0 Å². The predicted octanol–water partition coefficient (Wildman–Crippen LogP) is 1.03. The highest BCUT2D eigenvalue weighted by atomic mass is 16.5. The maximum Gasteiger partial charge on any atom is 0.291 e. The molecule has 1 unspecified atom stereocenters. The smallest absolute Gasteiger partial charge is 0.291 e. The Balaban J connectivity index is 1.43. The first-order valence-electron chi connectivity index (χ1n) is 9.73. The molecule has 9 nitrogen and oxygen atoms in total. The van der Waals surface area contributed by atoms with Gasteiger partial charge >= 0.3 is 0 Å². The van der Waals surface area contributed by atoms with E-state index >= 15 is 0 Å². The van der Waals surface area contributed by atoms with Crippen LogP contribution in [0.1, 0.15) is 25.8 Å². The van der Waals surface area contributed by atoms with Gasteiger partial charge in [0, 0.05) is 31.8 Å². The fourth-order valence-corrected chi connectivity index (χ4v) is 3.66. The summed E-state index contributed by atoms with van der Waals surface area (Å²) < 4.78 is 13.7. The van der Waals surface area contributed by atoms with Crippen LogP contribution in [-0.2, 0) is 9.53 Å². The fraction of sp³-hybridized carbons (Fsp3) is 0.526. The summed E-state index contributed by atoms with van der Waals surface area (Å²) in [6, 6.07) is 2.83. The maximum absolute atomic E-state index is 12.9. The zero-order valence-electron chi connectivity index (χ0n) is 16.0. The number of carbonyl (C=O) groups excluding carboxylic acids is 1. The molecule has 0 aliphatic carbocycles. The maximum atomic E-state index is 12.9. The minimum atomic E-state index is -0.637. The predicted molar refractivity (Wildman–Crippen MR) is 103 cm³/mol. The van der Waals surface area contributed by atoms with Crippen molar-refractivity contribution in [2.24, 2.45) is 0 Å². The molecule has 1 fully saturated rings. The molecule has 150 valence electrons. The number of ether oxygens (including phenoxy) is 1. The summed E-state index contributed by atoms with van der Waals surface area (Å²) in [7, 11) is 0. The molecule has 0 saturated carbocycles. The van der Waals surface area contributed by atoms with Crippen molar-refractivity contribution < 1.29 is 13.9 Å². The molecule has 28 heavy (non-hydrogen) atoms. The number of aromatic nitrogens is 3. The molecule has 1 N–H and O–H groups in total. The number of carbonyl (C=O) groups is 1. The molecule has 1 saturated heterocycles. The Labute approximate surface area is 161 Å². The van der Waals surface area contributed by atoms with Gasteiger partial charge in [-0.3, -0.25) is 18.9 Å². The van der Waals surface area contributed by atoms with E-state index in [1.807, 2.05) is 6.92 Å². The Morgan fingerprint density at radius 3 is 2.93 bits per heavy atom. The number of nitrogens with one attached hydrogen (secondary N) is 1. The number of rotatable bonds is 7. The van der Waals surface area contributed by atoms with Crippen molar-refractivity contribution in [2.75, 3.05) is 39.4 Å². The third kappa shape index (κ3) is 3.55. The van der Waals surface area contributed by atoms with Gasteiger partial charge in [-0.25, -0.2) is 4.68 Å². The monoisotopic (exact) mass is 387 g/mol. The summed E-state index contributed by atoms with van der Waals surface area (Å²) >= 11 is 0. The average molecular weight is 387 g/mol. The van der Waals surface area contributed by atoms with Crippen LogP contribution in [0, 0.1) is 0 Å². The molecule has 0 radical (unpaired) electrons. The molecular weight excluding hydrogens is 362 g/mol. The molecule has 1 aliphatic heterocycles. The van der Waals surface area contributed by atoms with E-state index in [0.717, 1.165) is 44.8 Å². The normalized spacial score (nSPS) is 16.6. The molecule has 1 atom stereocenters. The van der Waals surface area contributed by atoms with Gasteiger partial charge in [0.05, 0.1) is 25.0 Å². The highest BCUT2D eigenvalue weighted by Gasteiger charge is 2.22. The van der Waals surface area contributed by atoms with Crippen molar-refractivity contribution in [3.8, 4) is 0 Å². The number of hydrogen-bond acceptors (Lipinski definition) is 6. The number of fused-ring (bicyclic) bond motifs is 3. The number of hydrogen-bond donors (Lipinski definition) is 1. The minimum Gasteiger partial charge on any atom is -0.463 e. The van der Waals surface area contributed by atoms with Gasteiger partial charge in [-0.2, -0.15) is 5.10 Å². The van der Waals surface area contributed by atoms with Crippen molar-refractivity contribution in [2.45, 2.75) is 25.8 Å². The molecule has 0 bridgehead atoms. The van der Waals surface area contributed by atoms with Gasteiger partial charge in [-0.05, 0) is 19.4 Å². The largest absolute Gasteiger partial charge is 0.463 e. The molecular formula is C19H25N5O4. The summed E-state index contributed by atoms with van der Waals surface area (Å²) in [4.78, 5) is 27.9. The van der Waals surface area contributed by atoms with Crippen LogP contribution in [0.5, 0.6) is 0 Å². The average Bonchev–Trinajstić information content (AvgIpc) is 3.30. The first-order valence-corrected chi connectivity index (χ1v) is 9.73. The highest BCUT2D eigenvalue weighted by Crippen LogP contribution is 2.19. The third-order valence-electron chi connectivity index (χ3n) is 5.22. The molecule has 3 aromatic rings. The summed E-state index contributed by atoms with van der Waals surface area (Å²) in [6.45, 7) is 6.78. The van der Waals surface area contributed by atoms with Crippen LogP contribution in [0.2, 0.25) is 0 Å². The zero-order valence-corrected chi connectivity index (χ0v) is 16.0. The quantitative estimate of drug-likeness (QED) is 0.609. The molecule has 1 aliphatic rings. The first-order chi connectivity index (χ1) is 13.7. The van der Waals surface area contributed by atoms with Crippen LogP contribution in [-0.4, -0.2) is 64.4 Å². The summed E-state index contributed by atoms with van der Waals surface area (Å²) in [6.07, 6.45) is 4.47. The molecule has 0 aromatic carbocycles. The van der Waals surface area contributed by atoms with Crippen molar-refractivity contribution >= 4 is 22.5 Å². The second kappa shape index (κ2) is 8.15.